The lowest BCUT2D eigenvalue weighted by molar-refractivity contribution is -0.157. The summed E-state index contributed by atoms with van der Waals surface area (Å²) in [6.45, 7) is 2.84. The summed E-state index contributed by atoms with van der Waals surface area (Å²) in [5.41, 5.74) is -4.99. The third-order valence-corrected chi connectivity index (χ3v) is 4.34. The van der Waals surface area contributed by atoms with Crippen molar-refractivity contribution in [2.24, 2.45) is 16.2 Å². The predicted octanol–water partition coefficient (Wildman–Crippen LogP) is -1.59. The number of nitrogens with one attached hydrogen (secondary N) is 1. The molecule has 1 saturated carbocycles. The second-order valence-electron chi connectivity index (χ2n) is 4.82. The smallest absolute Gasteiger partial charge is 0.315 e. The molecule has 7 nitrogen and oxygen atoms in total. The van der Waals surface area contributed by atoms with Crippen LogP contribution >= 0.6 is 0 Å². The third-order valence-electron chi connectivity index (χ3n) is 4.34. The second kappa shape index (κ2) is 2.55. The van der Waals surface area contributed by atoms with Crippen LogP contribution in [0.4, 0.5) is 0 Å². The molecule has 1 aliphatic heterocycles. The van der Waals surface area contributed by atoms with E-state index in [4.69, 9.17) is 0 Å². The Balaban J connectivity index is 2.67. The summed E-state index contributed by atoms with van der Waals surface area (Å²) >= 11 is 0. The number of carboxylic acids is 2. The van der Waals surface area contributed by atoms with E-state index in [1.54, 1.807) is 0 Å². The lowest BCUT2D eigenvalue weighted by atomic mass is 9.94. The highest BCUT2D eigenvalue weighted by Crippen LogP contribution is 2.82. The van der Waals surface area contributed by atoms with Crippen molar-refractivity contribution in [3.8, 4) is 0 Å². The monoisotopic (exact) mass is 231 g/mol. The van der Waals surface area contributed by atoms with Crippen molar-refractivity contribution in [1.82, 2.24) is 5.32 Å². The summed E-state index contributed by atoms with van der Waals surface area (Å²) in [4.78, 5) is 22.5. The van der Waals surface area contributed by atoms with Crippen LogP contribution in [0.3, 0.4) is 0 Å². The molecule has 1 aliphatic carbocycles. The van der Waals surface area contributed by atoms with Crippen molar-refractivity contribution in [3.63, 3.8) is 0 Å². The van der Waals surface area contributed by atoms with Crippen LogP contribution in [0, 0.1) is 16.2 Å². The van der Waals surface area contributed by atoms with E-state index < -0.39 is 40.6 Å². The van der Waals surface area contributed by atoms with Gasteiger partial charge in [-0.05, 0) is 0 Å². The molecular formula is C9H13NO6. The maximum absolute atomic E-state index is 11.3. The van der Waals surface area contributed by atoms with E-state index in [0.717, 1.165) is 0 Å². The highest BCUT2D eigenvalue weighted by Gasteiger charge is 2.98. The first-order valence-corrected chi connectivity index (χ1v) is 4.78. The Morgan fingerprint density at radius 1 is 1.00 bits per heavy atom. The first-order chi connectivity index (χ1) is 7.19. The molecule has 1 heterocycles. The lowest BCUT2D eigenvalue weighted by Gasteiger charge is -2.23. The lowest BCUT2D eigenvalue weighted by Crippen LogP contribution is -2.45. The van der Waals surface area contributed by atoms with Crippen molar-refractivity contribution < 1.29 is 30.0 Å². The van der Waals surface area contributed by atoms with Crippen molar-refractivity contribution in [3.05, 3.63) is 0 Å². The van der Waals surface area contributed by atoms with Crippen molar-refractivity contribution >= 4 is 11.9 Å². The minimum Gasteiger partial charge on any atom is -0.481 e. The Kier molecular flexibility index (Phi) is 1.81. The molecule has 0 aromatic rings. The Bertz CT molecular complexity index is 359. The number of hydrogen-bond donors (Lipinski definition) is 5. The fraction of sp³-hybridized carbons (Fsp3) is 0.778. The zero-order valence-corrected chi connectivity index (χ0v) is 8.76. The minimum absolute atomic E-state index is 1.22. The zero-order valence-electron chi connectivity index (χ0n) is 8.76. The molecule has 2 fully saturated rings. The van der Waals surface area contributed by atoms with Gasteiger partial charge in [-0.15, -0.1) is 0 Å². The van der Waals surface area contributed by atoms with E-state index in [1.807, 2.05) is 0 Å². The maximum atomic E-state index is 11.3. The van der Waals surface area contributed by atoms with Gasteiger partial charge in [0, 0.05) is 5.41 Å². The molecule has 5 N–H and O–H groups in total. The molecule has 2 aliphatic rings. The van der Waals surface area contributed by atoms with Crippen LogP contribution in [0.15, 0.2) is 0 Å². The molecule has 7 heteroatoms. The van der Waals surface area contributed by atoms with Crippen LogP contribution in [0.5, 0.6) is 0 Å². The molecule has 4 unspecified atom stereocenters. The van der Waals surface area contributed by atoms with E-state index in [2.05, 4.69) is 5.32 Å². The van der Waals surface area contributed by atoms with Crippen molar-refractivity contribution in [2.45, 2.75) is 26.3 Å². The largest absolute Gasteiger partial charge is 0.481 e. The highest BCUT2D eigenvalue weighted by molar-refractivity contribution is 5.97. The summed E-state index contributed by atoms with van der Waals surface area (Å²) in [6.07, 6.45) is -3.16. The number of hydrogen-bond acceptors (Lipinski definition) is 5. The van der Waals surface area contributed by atoms with Gasteiger partial charge in [0.05, 0.1) is 0 Å². The summed E-state index contributed by atoms with van der Waals surface area (Å²) in [5.74, 6) is -2.84. The number of aliphatic carboxylic acids is 2. The van der Waals surface area contributed by atoms with Crippen LogP contribution < -0.4 is 5.32 Å². The normalized spacial score (nSPS) is 48.5. The number of aliphatic hydroxyl groups excluding tert-OH is 2. The van der Waals surface area contributed by atoms with Gasteiger partial charge in [-0.3, -0.25) is 14.9 Å². The van der Waals surface area contributed by atoms with Gasteiger partial charge in [-0.1, -0.05) is 13.8 Å². The van der Waals surface area contributed by atoms with E-state index in [-0.39, 0.29) is 0 Å². The van der Waals surface area contributed by atoms with Gasteiger partial charge in [0.1, 0.15) is 23.3 Å². The Morgan fingerprint density at radius 2 is 1.31 bits per heavy atom. The number of piperidine rings is 1. The van der Waals surface area contributed by atoms with Crippen LogP contribution in [0.1, 0.15) is 13.8 Å². The fourth-order valence-electron chi connectivity index (χ4n) is 3.56. The summed E-state index contributed by atoms with van der Waals surface area (Å²) in [6, 6.07) is 0. The number of fused-ring (bicyclic) bond motifs is 1. The van der Waals surface area contributed by atoms with Gasteiger partial charge in [-0.25, -0.2) is 0 Å². The Morgan fingerprint density at radius 3 is 1.50 bits per heavy atom. The number of aliphatic hydroxyl groups is 2. The number of rotatable bonds is 2. The molecule has 90 valence electrons. The highest BCUT2D eigenvalue weighted by atomic mass is 16.4. The molecule has 0 spiro atoms. The SMILES string of the molecule is CC1(C)C2(C(=O)O)C(O)NC(O)C12C(=O)O. The molecule has 1 saturated heterocycles. The Hall–Kier alpha value is -1.18. The molecule has 0 amide bonds. The standard InChI is InChI=1S/C9H13NO6/c1-7(2)8(5(13)14)3(11)10-4(12)9(7,8)6(15)16/h3-4,10-12H,1-2H3,(H,13,14)(H,15,16). The average Bonchev–Trinajstić information content (AvgIpc) is 2.44. The van der Waals surface area contributed by atoms with Gasteiger partial charge in [0.25, 0.3) is 0 Å². The van der Waals surface area contributed by atoms with Gasteiger partial charge in [0.2, 0.25) is 0 Å². The molecule has 2 rings (SSSR count). The van der Waals surface area contributed by atoms with E-state index >= 15 is 0 Å². The quantitative estimate of drug-likeness (QED) is 0.387. The summed E-state index contributed by atoms with van der Waals surface area (Å²) in [5, 5.41) is 39.9. The van der Waals surface area contributed by atoms with Crippen molar-refractivity contribution in [2.75, 3.05) is 0 Å². The molecule has 0 bridgehead atoms. The zero-order chi connectivity index (χ0) is 12.5. The van der Waals surface area contributed by atoms with Crippen LogP contribution in [0.25, 0.3) is 0 Å². The van der Waals surface area contributed by atoms with E-state index in [9.17, 15) is 30.0 Å². The van der Waals surface area contributed by atoms with E-state index in [0.29, 0.717) is 0 Å². The molecule has 4 atom stereocenters. The molecular weight excluding hydrogens is 218 g/mol. The topological polar surface area (TPSA) is 127 Å². The van der Waals surface area contributed by atoms with Crippen LogP contribution in [0.2, 0.25) is 0 Å². The van der Waals surface area contributed by atoms with Crippen molar-refractivity contribution in [1.29, 1.82) is 0 Å². The summed E-state index contributed by atoms with van der Waals surface area (Å²) in [7, 11) is 0. The number of carbonyl (C=O) groups is 2. The van der Waals surface area contributed by atoms with E-state index in [1.165, 1.54) is 13.8 Å². The van der Waals surface area contributed by atoms with Gasteiger partial charge >= 0.3 is 11.9 Å². The van der Waals surface area contributed by atoms with Gasteiger partial charge in [-0.2, -0.15) is 0 Å². The predicted molar refractivity (Wildman–Crippen MR) is 49.1 cm³/mol. The molecule has 0 radical (unpaired) electrons. The minimum atomic E-state index is -1.88. The number of carboxylic acid groups (broad SMARTS) is 2. The molecule has 0 aromatic carbocycles. The fourth-order valence-corrected chi connectivity index (χ4v) is 3.56. The van der Waals surface area contributed by atoms with Crippen LogP contribution in [-0.2, 0) is 9.59 Å². The molecule has 0 aromatic heterocycles. The third kappa shape index (κ3) is 0.667. The first kappa shape index (κ1) is 11.3. The second-order valence-corrected chi connectivity index (χ2v) is 4.82. The Labute approximate surface area is 90.7 Å². The van der Waals surface area contributed by atoms with Gasteiger partial charge in [0.15, 0.2) is 0 Å². The van der Waals surface area contributed by atoms with Gasteiger partial charge < -0.3 is 20.4 Å². The maximum Gasteiger partial charge on any atom is 0.315 e. The average molecular weight is 231 g/mol. The summed E-state index contributed by atoms with van der Waals surface area (Å²) < 4.78 is 0. The first-order valence-electron chi connectivity index (χ1n) is 4.78. The molecule has 16 heavy (non-hydrogen) atoms. The van der Waals surface area contributed by atoms with Crippen LogP contribution in [-0.4, -0.2) is 44.8 Å².